The maximum atomic E-state index is 14.5. The zero-order chi connectivity index (χ0) is 28.3. The van der Waals surface area contributed by atoms with Crippen molar-refractivity contribution in [3.8, 4) is 0 Å². The third-order valence-corrected chi connectivity index (χ3v) is 10.1. The Bertz CT molecular complexity index is 1350. The van der Waals surface area contributed by atoms with Crippen molar-refractivity contribution >= 4 is 17.4 Å². The van der Waals surface area contributed by atoms with E-state index in [0.29, 0.717) is 62.7 Å². The number of ether oxygens (including phenoxy) is 1. The lowest BCUT2D eigenvalue weighted by Crippen LogP contribution is -2.69. The van der Waals surface area contributed by atoms with Gasteiger partial charge in [0.05, 0.1) is 17.9 Å². The first-order valence-electron chi connectivity index (χ1n) is 15.0. The minimum atomic E-state index is -2.61. The van der Waals surface area contributed by atoms with E-state index < -0.39 is 6.43 Å². The molecule has 3 fully saturated rings. The van der Waals surface area contributed by atoms with Crippen LogP contribution in [-0.2, 0) is 28.2 Å². The average molecular weight is 565 g/mol. The second-order valence-corrected chi connectivity index (χ2v) is 12.1. The summed E-state index contributed by atoms with van der Waals surface area (Å²) in [5.74, 6) is 0.637. The Morgan fingerprint density at radius 3 is 2.68 bits per heavy atom. The third-order valence-electron chi connectivity index (χ3n) is 10.1. The van der Waals surface area contributed by atoms with Gasteiger partial charge in [0, 0.05) is 87.0 Å². The lowest BCUT2D eigenvalue weighted by atomic mass is 9.83. The predicted molar refractivity (Wildman–Crippen MR) is 152 cm³/mol. The van der Waals surface area contributed by atoms with E-state index in [1.165, 1.54) is 17.2 Å². The number of aryl methyl sites for hydroxylation is 1. The number of piperidine rings is 1. The molecule has 7 rings (SSSR count). The van der Waals surface area contributed by atoms with Gasteiger partial charge in [-0.2, -0.15) is 0 Å². The van der Waals surface area contributed by atoms with Crippen LogP contribution in [0.2, 0.25) is 0 Å². The van der Waals surface area contributed by atoms with Crippen LogP contribution in [0.4, 0.5) is 20.3 Å². The molecule has 2 aromatic rings. The number of halogens is 2. The minimum Gasteiger partial charge on any atom is -0.365 e. The van der Waals surface area contributed by atoms with Gasteiger partial charge in [-0.05, 0) is 56.7 Å². The van der Waals surface area contributed by atoms with Crippen LogP contribution in [0.3, 0.4) is 0 Å². The van der Waals surface area contributed by atoms with Gasteiger partial charge in [0.15, 0.2) is 0 Å². The number of nitrogens with zero attached hydrogens (tertiary/aromatic N) is 6. The molecule has 10 heteroatoms. The highest BCUT2D eigenvalue weighted by Gasteiger charge is 2.47. The molecule has 2 aromatic heterocycles. The van der Waals surface area contributed by atoms with Crippen LogP contribution in [0.15, 0.2) is 31.0 Å². The molecule has 0 aliphatic carbocycles. The molecule has 1 amide bonds. The van der Waals surface area contributed by atoms with Crippen molar-refractivity contribution in [1.29, 1.82) is 0 Å². The average Bonchev–Trinajstić information content (AvgIpc) is 3.27. The fourth-order valence-electron chi connectivity index (χ4n) is 7.94. The van der Waals surface area contributed by atoms with E-state index in [9.17, 15) is 13.6 Å². The first kappa shape index (κ1) is 26.8. The van der Waals surface area contributed by atoms with E-state index in [2.05, 4.69) is 44.2 Å². The van der Waals surface area contributed by atoms with Crippen LogP contribution in [0.1, 0.15) is 60.2 Å². The van der Waals surface area contributed by atoms with Crippen molar-refractivity contribution in [2.45, 2.75) is 69.7 Å². The fourth-order valence-corrected chi connectivity index (χ4v) is 7.94. The lowest BCUT2D eigenvalue weighted by molar-refractivity contribution is -0.128. The Morgan fingerprint density at radius 2 is 1.95 bits per heavy atom. The molecular formula is C31H38F2N6O2. The molecule has 41 heavy (non-hydrogen) atoms. The van der Waals surface area contributed by atoms with Crippen LogP contribution < -0.4 is 9.80 Å². The highest BCUT2D eigenvalue weighted by molar-refractivity contribution is 5.87. The molecule has 8 nitrogen and oxygen atoms in total. The number of carbonyl (C=O) groups excluding carboxylic acids is 1. The van der Waals surface area contributed by atoms with Crippen molar-refractivity contribution in [2.75, 3.05) is 55.6 Å². The maximum Gasteiger partial charge on any atom is 0.280 e. The number of carbonyl (C=O) groups is 1. The van der Waals surface area contributed by atoms with Crippen molar-refractivity contribution in [3.63, 3.8) is 0 Å². The second kappa shape index (κ2) is 10.3. The summed E-state index contributed by atoms with van der Waals surface area (Å²) in [6, 6.07) is 4.79. The number of rotatable bonds is 4. The molecule has 218 valence electrons. The standard InChI is InChI=1S/C31H38F2N6O2/c1-3-27(40)38-15-13-36(14-16-38)25-18-39-23(25)6-4-5-21-24(39)17-26(35-29(21)30(32)33)37-11-8-31(9-12-37)28-20(2)7-10-34-22(28)19-41-31/h3,7,10,17,23,25,30H,1,4-6,8-9,11-16,18-19H2,2H3. The van der Waals surface area contributed by atoms with Crippen LogP contribution in [0.5, 0.6) is 0 Å². The summed E-state index contributed by atoms with van der Waals surface area (Å²) in [5.41, 5.74) is 4.69. The summed E-state index contributed by atoms with van der Waals surface area (Å²) < 4.78 is 35.3. The molecule has 1 spiro atoms. The molecule has 0 N–H and O–H groups in total. The maximum absolute atomic E-state index is 14.5. The molecule has 2 unspecified atom stereocenters. The first-order valence-corrected chi connectivity index (χ1v) is 15.0. The predicted octanol–water partition coefficient (Wildman–Crippen LogP) is 3.97. The van der Waals surface area contributed by atoms with Gasteiger partial charge >= 0.3 is 0 Å². The zero-order valence-corrected chi connectivity index (χ0v) is 23.7. The van der Waals surface area contributed by atoms with Gasteiger partial charge < -0.3 is 19.4 Å². The van der Waals surface area contributed by atoms with Gasteiger partial charge in [-0.15, -0.1) is 0 Å². The molecular weight excluding hydrogens is 526 g/mol. The molecule has 0 radical (unpaired) electrons. The van der Waals surface area contributed by atoms with Crippen molar-refractivity contribution in [1.82, 2.24) is 19.8 Å². The normalized spacial score (nSPS) is 25.4. The molecule has 7 heterocycles. The Kier molecular flexibility index (Phi) is 6.73. The quantitative estimate of drug-likeness (QED) is 0.521. The Hall–Kier alpha value is -3.11. The van der Waals surface area contributed by atoms with Crippen molar-refractivity contribution in [2.24, 2.45) is 0 Å². The highest BCUT2D eigenvalue weighted by Crippen LogP contribution is 2.47. The van der Waals surface area contributed by atoms with Gasteiger partial charge in [0.1, 0.15) is 11.5 Å². The number of anilines is 2. The van der Waals surface area contributed by atoms with Crippen molar-refractivity contribution < 1.29 is 18.3 Å². The number of aromatic nitrogens is 2. The van der Waals surface area contributed by atoms with Gasteiger partial charge in [0.25, 0.3) is 6.43 Å². The molecule has 0 saturated carbocycles. The minimum absolute atomic E-state index is 0.0121. The number of alkyl halides is 2. The Labute approximate surface area is 240 Å². The topological polar surface area (TPSA) is 65.0 Å². The van der Waals surface area contributed by atoms with Crippen molar-refractivity contribution in [3.05, 3.63) is 59.1 Å². The Morgan fingerprint density at radius 1 is 1.17 bits per heavy atom. The zero-order valence-electron chi connectivity index (χ0n) is 23.7. The highest BCUT2D eigenvalue weighted by atomic mass is 19.3. The van der Waals surface area contributed by atoms with Crippen LogP contribution >= 0.6 is 0 Å². The number of amides is 1. The Balaban J connectivity index is 1.11. The van der Waals surface area contributed by atoms with Gasteiger partial charge in [-0.1, -0.05) is 6.58 Å². The summed E-state index contributed by atoms with van der Waals surface area (Å²) in [4.78, 5) is 30.0. The molecule has 2 atom stereocenters. The van der Waals surface area contributed by atoms with E-state index in [1.54, 1.807) is 0 Å². The van der Waals surface area contributed by atoms with E-state index >= 15 is 0 Å². The monoisotopic (exact) mass is 564 g/mol. The summed E-state index contributed by atoms with van der Waals surface area (Å²) in [6.45, 7) is 11.5. The van der Waals surface area contributed by atoms with Crippen LogP contribution in [-0.4, -0.2) is 83.6 Å². The van der Waals surface area contributed by atoms with Gasteiger partial charge in [-0.3, -0.25) is 14.7 Å². The summed E-state index contributed by atoms with van der Waals surface area (Å²) in [6.07, 6.45) is 4.65. The number of hydrogen-bond donors (Lipinski definition) is 0. The molecule has 0 bridgehead atoms. The summed E-state index contributed by atoms with van der Waals surface area (Å²) >= 11 is 0. The first-order chi connectivity index (χ1) is 19.9. The van der Waals surface area contributed by atoms with Crippen LogP contribution in [0, 0.1) is 6.92 Å². The molecule has 5 aliphatic rings. The molecule has 0 aromatic carbocycles. The van der Waals surface area contributed by atoms with E-state index in [-0.39, 0.29) is 17.2 Å². The lowest BCUT2D eigenvalue weighted by Gasteiger charge is -2.55. The van der Waals surface area contributed by atoms with E-state index in [4.69, 9.17) is 4.74 Å². The largest absolute Gasteiger partial charge is 0.365 e. The van der Waals surface area contributed by atoms with Gasteiger partial charge in [-0.25, -0.2) is 13.8 Å². The number of piperazine rings is 1. The number of fused-ring (bicyclic) bond motifs is 5. The van der Waals surface area contributed by atoms with E-state index in [0.717, 1.165) is 56.7 Å². The molecule has 3 saturated heterocycles. The van der Waals surface area contributed by atoms with Gasteiger partial charge in [0.2, 0.25) is 5.91 Å². The smallest absolute Gasteiger partial charge is 0.280 e. The summed E-state index contributed by atoms with van der Waals surface area (Å²) in [7, 11) is 0. The number of hydrogen-bond acceptors (Lipinski definition) is 7. The molecule has 5 aliphatic heterocycles. The van der Waals surface area contributed by atoms with Crippen LogP contribution in [0.25, 0.3) is 0 Å². The fraction of sp³-hybridized carbons (Fsp3) is 0.581. The third kappa shape index (κ3) is 4.41. The van der Waals surface area contributed by atoms with E-state index in [1.807, 2.05) is 17.2 Å². The summed E-state index contributed by atoms with van der Waals surface area (Å²) in [5, 5.41) is 0. The number of pyridine rings is 2. The SMILES string of the molecule is C=CC(=O)N1CCN(C2CN3c4cc(N5CCC6(CC5)OCc5nccc(C)c56)nc(C(F)F)c4CCCC23)CC1. The second-order valence-electron chi connectivity index (χ2n) is 12.1.